The van der Waals surface area contributed by atoms with Gasteiger partial charge >= 0.3 is 0 Å². The number of nitrogens with zero attached hydrogens (tertiary/aromatic N) is 1. The van der Waals surface area contributed by atoms with Gasteiger partial charge in [-0.25, -0.2) is 0 Å². The summed E-state index contributed by atoms with van der Waals surface area (Å²) in [5, 5.41) is 7.39. The number of nitrogens with two attached hydrogens (primary N) is 1. The Bertz CT molecular complexity index is 309. The first-order chi connectivity index (χ1) is 5.46. The van der Waals surface area contributed by atoms with Crippen LogP contribution in [0.5, 0.6) is 0 Å². The molecule has 0 aliphatic heterocycles. The highest BCUT2D eigenvalue weighted by Crippen LogP contribution is 2.18. The van der Waals surface area contributed by atoms with Crippen LogP contribution in [0.15, 0.2) is 0 Å². The van der Waals surface area contributed by atoms with Gasteiger partial charge in [0.05, 0.1) is 0 Å². The van der Waals surface area contributed by atoms with E-state index < -0.39 is 0 Å². The molecule has 0 unspecified atom stereocenters. The quantitative estimate of drug-likeness (QED) is 0.477. The maximum Gasteiger partial charge on any atom is 0.124 e. The lowest BCUT2D eigenvalue weighted by Crippen LogP contribution is -2.13. The molecule has 0 aromatic carbocycles. The summed E-state index contributed by atoms with van der Waals surface area (Å²) in [4.78, 5) is 0. The maximum absolute atomic E-state index is 7.39. The Morgan fingerprint density at radius 2 is 1.75 bits per heavy atom. The smallest absolute Gasteiger partial charge is 0.124 e. The third-order valence-electron chi connectivity index (χ3n) is 2.56. The Morgan fingerprint density at radius 3 is 1.92 bits per heavy atom. The minimum atomic E-state index is 0.161. The Kier molecular flexibility index (Phi) is 1.96. The second-order valence-corrected chi connectivity index (χ2v) is 3.14. The summed E-state index contributed by atoms with van der Waals surface area (Å²) in [7, 11) is 1.99. The van der Waals surface area contributed by atoms with Gasteiger partial charge in [-0.1, -0.05) is 0 Å². The SMILES string of the molecule is Cc1c(C(=N)N)c(C)n(C)c1C. The van der Waals surface area contributed by atoms with Gasteiger partial charge in [-0.2, -0.15) is 0 Å². The van der Waals surface area contributed by atoms with Gasteiger partial charge in [0.25, 0.3) is 0 Å². The molecule has 0 saturated carbocycles. The third-order valence-corrected chi connectivity index (χ3v) is 2.56. The van der Waals surface area contributed by atoms with Crippen LogP contribution in [0, 0.1) is 26.2 Å². The Balaban J connectivity index is 3.48. The zero-order chi connectivity index (χ0) is 9.46. The maximum atomic E-state index is 7.39. The van der Waals surface area contributed by atoms with Gasteiger partial charge in [0.2, 0.25) is 0 Å². The monoisotopic (exact) mass is 165 g/mol. The van der Waals surface area contributed by atoms with Gasteiger partial charge in [-0.3, -0.25) is 5.41 Å². The highest BCUT2D eigenvalue weighted by molar-refractivity contribution is 5.97. The first kappa shape index (κ1) is 8.84. The van der Waals surface area contributed by atoms with E-state index in [0.29, 0.717) is 0 Å². The Labute approximate surface area is 72.7 Å². The normalized spacial score (nSPS) is 10.3. The van der Waals surface area contributed by atoms with Gasteiger partial charge < -0.3 is 10.3 Å². The first-order valence-corrected chi connectivity index (χ1v) is 3.93. The third kappa shape index (κ3) is 1.02. The number of amidine groups is 1. The van der Waals surface area contributed by atoms with Crippen LogP contribution in [0.2, 0.25) is 0 Å². The van der Waals surface area contributed by atoms with Crippen molar-refractivity contribution in [2.24, 2.45) is 12.8 Å². The number of aromatic nitrogens is 1. The van der Waals surface area contributed by atoms with Crippen LogP contribution in [0.1, 0.15) is 22.5 Å². The van der Waals surface area contributed by atoms with Gasteiger partial charge in [-0.15, -0.1) is 0 Å². The molecule has 3 heteroatoms. The van der Waals surface area contributed by atoms with Crippen molar-refractivity contribution in [1.29, 1.82) is 5.41 Å². The molecule has 0 aliphatic rings. The minimum Gasteiger partial charge on any atom is -0.384 e. The van der Waals surface area contributed by atoms with Gasteiger partial charge in [0, 0.05) is 24.0 Å². The topological polar surface area (TPSA) is 54.8 Å². The second kappa shape index (κ2) is 2.66. The molecule has 1 aromatic rings. The standard InChI is InChI=1S/C9H15N3/c1-5-6(2)12(4)7(3)8(5)9(10)11/h1-4H3,(H3,10,11). The zero-order valence-electron chi connectivity index (χ0n) is 8.02. The number of hydrogen-bond acceptors (Lipinski definition) is 1. The average molecular weight is 165 g/mol. The van der Waals surface area contributed by atoms with Crippen molar-refractivity contribution < 1.29 is 0 Å². The van der Waals surface area contributed by atoms with Crippen LogP contribution in [-0.2, 0) is 7.05 Å². The van der Waals surface area contributed by atoms with Crippen molar-refractivity contribution in [3.05, 3.63) is 22.5 Å². The molecule has 1 heterocycles. The first-order valence-electron chi connectivity index (χ1n) is 3.93. The predicted octanol–water partition coefficient (Wildman–Crippen LogP) is 1.23. The van der Waals surface area contributed by atoms with E-state index in [1.54, 1.807) is 0 Å². The fourth-order valence-electron chi connectivity index (χ4n) is 1.52. The zero-order valence-corrected chi connectivity index (χ0v) is 8.02. The summed E-state index contributed by atoms with van der Waals surface area (Å²) < 4.78 is 2.06. The molecule has 66 valence electrons. The van der Waals surface area contributed by atoms with E-state index in [9.17, 15) is 0 Å². The van der Waals surface area contributed by atoms with E-state index in [2.05, 4.69) is 4.57 Å². The summed E-state index contributed by atoms with van der Waals surface area (Å²) in [6.45, 7) is 6.02. The van der Waals surface area contributed by atoms with Crippen molar-refractivity contribution in [2.75, 3.05) is 0 Å². The number of nitrogens with one attached hydrogen (secondary N) is 1. The van der Waals surface area contributed by atoms with E-state index in [-0.39, 0.29) is 5.84 Å². The van der Waals surface area contributed by atoms with E-state index in [4.69, 9.17) is 11.1 Å². The van der Waals surface area contributed by atoms with Crippen molar-refractivity contribution in [3.63, 3.8) is 0 Å². The molecule has 0 saturated heterocycles. The molecule has 12 heavy (non-hydrogen) atoms. The van der Waals surface area contributed by atoms with E-state index in [1.807, 2.05) is 27.8 Å². The summed E-state index contributed by atoms with van der Waals surface area (Å²) in [6.07, 6.45) is 0. The number of nitrogen functional groups attached to an aromatic ring is 1. The molecule has 0 bridgehead atoms. The summed E-state index contributed by atoms with van der Waals surface area (Å²) in [5.41, 5.74) is 9.71. The van der Waals surface area contributed by atoms with Crippen LogP contribution in [0.4, 0.5) is 0 Å². The summed E-state index contributed by atoms with van der Waals surface area (Å²) in [6, 6.07) is 0. The minimum absolute atomic E-state index is 0.161. The van der Waals surface area contributed by atoms with Gasteiger partial charge in [0.1, 0.15) is 5.84 Å². The van der Waals surface area contributed by atoms with E-state index in [1.165, 1.54) is 5.69 Å². The highest BCUT2D eigenvalue weighted by atomic mass is 15.0. The molecule has 1 aromatic heterocycles. The lowest BCUT2D eigenvalue weighted by atomic mass is 10.1. The lowest BCUT2D eigenvalue weighted by Gasteiger charge is -1.99. The molecular weight excluding hydrogens is 150 g/mol. The number of rotatable bonds is 1. The molecule has 0 fully saturated rings. The molecule has 1 rings (SSSR count). The molecule has 0 aliphatic carbocycles. The van der Waals surface area contributed by atoms with Crippen LogP contribution in [0.25, 0.3) is 0 Å². The molecule has 0 radical (unpaired) electrons. The molecule has 0 spiro atoms. The van der Waals surface area contributed by atoms with Crippen LogP contribution >= 0.6 is 0 Å². The Hall–Kier alpha value is -1.25. The van der Waals surface area contributed by atoms with Crippen molar-refractivity contribution >= 4 is 5.84 Å². The van der Waals surface area contributed by atoms with Crippen molar-refractivity contribution in [3.8, 4) is 0 Å². The fraction of sp³-hybridized carbons (Fsp3) is 0.444. The van der Waals surface area contributed by atoms with Crippen LogP contribution < -0.4 is 5.73 Å². The highest BCUT2D eigenvalue weighted by Gasteiger charge is 2.13. The average Bonchev–Trinajstić information content (AvgIpc) is 2.16. The van der Waals surface area contributed by atoms with Gasteiger partial charge in [0.15, 0.2) is 0 Å². The fourth-order valence-corrected chi connectivity index (χ4v) is 1.52. The summed E-state index contributed by atoms with van der Waals surface area (Å²) >= 11 is 0. The van der Waals surface area contributed by atoms with E-state index >= 15 is 0 Å². The van der Waals surface area contributed by atoms with E-state index in [0.717, 1.165) is 16.8 Å². The molecule has 0 atom stereocenters. The predicted molar refractivity (Wildman–Crippen MR) is 50.6 cm³/mol. The largest absolute Gasteiger partial charge is 0.384 e. The number of hydrogen-bond donors (Lipinski definition) is 2. The van der Waals surface area contributed by atoms with Crippen LogP contribution in [-0.4, -0.2) is 10.4 Å². The van der Waals surface area contributed by atoms with Crippen LogP contribution in [0.3, 0.4) is 0 Å². The summed E-state index contributed by atoms with van der Waals surface area (Å²) in [5.74, 6) is 0.161. The van der Waals surface area contributed by atoms with Crippen molar-refractivity contribution in [1.82, 2.24) is 4.57 Å². The van der Waals surface area contributed by atoms with Crippen molar-refractivity contribution in [2.45, 2.75) is 20.8 Å². The van der Waals surface area contributed by atoms with Gasteiger partial charge in [-0.05, 0) is 26.3 Å². The molecule has 3 N–H and O–H groups in total. The Morgan fingerprint density at radius 1 is 1.25 bits per heavy atom. The molecular formula is C9H15N3. The molecule has 3 nitrogen and oxygen atoms in total. The molecule has 0 amide bonds. The second-order valence-electron chi connectivity index (χ2n) is 3.14. The lowest BCUT2D eigenvalue weighted by molar-refractivity contribution is 0.840.